The molecular formula is C27H24ClNO6S. The number of benzene rings is 3. The third kappa shape index (κ3) is 5.83. The van der Waals surface area contributed by atoms with Gasteiger partial charge >= 0.3 is 5.97 Å². The topological polar surface area (TPSA) is 82.1 Å². The first-order valence-electron chi connectivity index (χ1n) is 11.4. The number of carbonyl (C=O) groups excluding carboxylic acids is 3. The zero-order valence-electron chi connectivity index (χ0n) is 19.8. The number of rotatable bonds is 9. The second-order valence-corrected chi connectivity index (χ2v) is 9.21. The summed E-state index contributed by atoms with van der Waals surface area (Å²) >= 11 is 7.30. The van der Waals surface area contributed by atoms with E-state index in [-0.39, 0.29) is 18.1 Å². The van der Waals surface area contributed by atoms with E-state index in [0.29, 0.717) is 28.7 Å². The molecule has 0 bridgehead atoms. The van der Waals surface area contributed by atoms with Crippen LogP contribution in [0.3, 0.4) is 0 Å². The first-order valence-corrected chi connectivity index (χ1v) is 12.6. The molecule has 1 aliphatic rings. The van der Waals surface area contributed by atoms with Crippen LogP contribution in [0.1, 0.15) is 25.0 Å². The van der Waals surface area contributed by atoms with Crippen LogP contribution in [-0.2, 0) is 20.9 Å². The largest absolute Gasteiger partial charge is 0.490 e. The van der Waals surface area contributed by atoms with Gasteiger partial charge in [0.15, 0.2) is 11.5 Å². The van der Waals surface area contributed by atoms with E-state index in [9.17, 15) is 14.4 Å². The molecule has 2 amide bonds. The molecule has 0 saturated carbocycles. The van der Waals surface area contributed by atoms with Crippen LogP contribution in [0.2, 0.25) is 5.02 Å². The Bertz CT molecular complexity index is 1360. The molecule has 9 heteroatoms. The lowest BCUT2D eigenvalue weighted by atomic mass is 10.1. The molecule has 1 saturated heterocycles. The molecule has 1 heterocycles. The molecule has 0 unspecified atom stereocenters. The minimum atomic E-state index is -0.643. The van der Waals surface area contributed by atoms with E-state index in [4.69, 9.17) is 25.8 Å². The van der Waals surface area contributed by atoms with E-state index in [2.05, 4.69) is 6.07 Å². The fourth-order valence-electron chi connectivity index (χ4n) is 3.68. The molecule has 4 rings (SSSR count). The van der Waals surface area contributed by atoms with Crippen molar-refractivity contribution < 1.29 is 28.6 Å². The maximum Gasteiger partial charge on any atom is 0.326 e. The van der Waals surface area contributed by atoms with E-state index < -0.39 is 23.7 Å². The number of halogens is 1. The Hall–Kier alpha value is -3.49. The van der Waals surface area contributed by atoms with Gasteiger partial charge in [-0.05, 0) is 71.8 Å². The number of esters is 1. The third-order valence-corrected chi connectivity index (χ3v) is 6.48. The van der Waals surface area contributed by atoms with Crippen LogP contribution < -0.4 is 9.47 Å². The molecule has 0 N–H and O–H groups in total. The van der Waals surface area contributed by atoms with Crippen molar-refractivity contribution in [2.45, 2.75) is 20.5 Å². The summed E-state index contributed by atoms with van der Waals surface area (Å²) in [7, 11) is 0. The summed E-state index contributed by atoms with van der Waals surface area (Å²) in [6.45, 7) is 3.90. The summed E-state index contributed by atoms with van der Waals surface area (Å²) in [6, 6.07) is 17.5. The number of amides is 2. The second-order valence-electron chi connectivity index (χ2n) is 7.81. The molecule has 3 aromatic carbocycles. The molecule has 7 nitrogen and oxygen atoms in total. The molecule has 1 fully saturated rings. The summed E-state index contributed by atoms with van der Waals surface area (Å²) in [4.78, 5) is 37.7. The van der Waals surface area contributed by atoms with Gasteiger partial charge in [-0.1, -0.05) is 48.0 Å². The number of fused-ring (bicyclic) bond motifs is 1. The van der Waals surface area contributed by atoms with E-state index in [1.165, 1.54) is 6.08 Å². The van der Waals surface area contributed by atoms with Crippen molar-refractivity contribution in [1.29, 1.82) is 0 Å². The number of hydrogen-bond acceptors (Lipinski definition) is 7. The molecular weight excluding hydrogens is 502 g/mol. The van der Waals surface area contributed by atoms with Crippen molar-refractivity contribution in [1.82, 2.24) is 4.90 Å². The molecule has 186 valence electrons. The van der Waals surface area contributed by atoms with E-state index in [1.54, 1.807) is 19.1 Å². The summed E-state index contributed by atoms with van der Waals surface area (Å²) in [5, 5.41) is 2.02. The Morgan fingerprint density at radius 3 is 2.53 bits per heavy atom. The molecule has 0 spiro atoms. The lowest BCUT2D eigenvalue weighted by Crippen LogP contribution is -2.34. The fourth-order valence-corrected chi connectivity index (χ4v) is 4.79. The van der Waals surface area contributed by atoms with Gasteiger partial charge in [-0.2, -0.15) is 0 Å². The number of nitrogens with zero attached hydrogens (tertiary/aromatic N) is 1. The lowest BCUT2D eigenvalue weighted by Gasteiger charge is -2.15. The minimum Gasteiger partial charge on any atom is -0.490 e. The van der Waals surface area contributed by atoms with E-state index in [0.717, 1.165) is 33.0 Å². The van der Waals surface area contributed by atoms with Crippen molar-refractivity contribution in [3.63, 3.8) is 0 Å². The fraction of sp³-hybridized carbons (Fsp3) is 0.222. The highest BCUT2D eigenvalue weighted by molar-refractivity contribution is 8.18. The SMILES string of the molecule is CCOC(=O)CN1C(=O)S/C(=C/c2cc(Cl)c(OCc3ccc4ccccc4c3)c(OCC)c2)C1=O. The first-order chi connectivity index (χ1) is 17.4. The highest BCUT2D eigenvalue weighted by Crippen LogP contribution is 2.39. The van der Waals surface area contributed by atoms with Crippen LogP contribution >= 0.6 is 23.4 Å². The predicted molar refractivity (Wildman–Crippen MR) is 140 cm³/mol. The van der Waals surface area contributed by atoms with Crippen molar-refractivity contribution in [3.05, 3.63) is 75.7 Å². The molecule has 0 radical (unpaired) electrons. The predicted octanol–water partition coefficient (Wildman–Crippen LogP) is 6.07. The van der Waals surface area contributed by atoms with Crippen molar-refractivity contribution in [2.75, 3.05) is 19.8 Å². The maximum atomic E-state index is 12.7. The normalized spacial score (nSPS) is 14.5. The van der Waals surface area contributed by atoms with Crippen LogP contribution in [-0.4, -0.2) is 41.8 Å². The minimum absolute atomic E-state index is 0.166. The van der Waals surface area contributed by atoms with Crippen LogP contribution in [0.15, 0.2) is 59.5 Å². The highest BCUT2D eigenvalue weighted by atomic mass is 35.5. The summed E-state index contributed by atoms with van der Waals surface area (Å²) in [6.07, 6.45) is 1.54. The van der Waals surface area contributed by atoms with Crippen LogP contribution in [0.5, 0.6) is 11.5 Å². The second kappa shape index (κ2) is 11.5. The third-order valence-electron chi connectivity index (χ3n) is 5.29. The van der Waals surface area contributed by atoms with Crippen LogP contribution in [0.4, 0.5) is 4.79 Å². The number of carbonyl (C=O) groups is 3. The van der Waals surface area contributed by atoms with Gasteiger partial charge in [0.05, 0.1) is 23.1 Å². The molecule has 0 atom stereocenters. The first kappa shape index (κ1) is 25.6. The van der Waals surface area contributed by atoms with E-state index in [1.807, 2.05) is 43.3 Å². The van der Waals surface area contributed by atoms with Gasteiger partial charge in [0, 0.05) is 0 Å². The standard InChI is InChI=1S/C27H24ClNO6S/c1-3-33-22-13-18(14-23-26(31)29(27(32)36-23)15-24(30)34-4-2)12-21(28)25(22)35-16-17-9-10-19-7-5-6-8-20(19)11-17/h5-14H,3-4,15-16H2,1-2H3/b23-14+. The quantitative estimate of drug-likeness (QED) is 0.247. The zero-order valence-corrected chi connectivity index (χ0v) is 21.4. The Morgan fingerprint density at radius 1 is 1.00 bits per heavy atom. The Morgan fingerprint density at radius 2 is 1.78 bits per heavy atom. The molecule has 3 aromatic rings. The molecule has 0 aliphatic carbocycles. The van der Waals surface area contributed by atoms with E-state index >= 15 is 0 Å². The summed E-state index contributed by atoms with van der Waals surface area (Å²) < 4.78 is 16.6. The van der Waals surface area contributed by atoms with Gasteiger partial charge in [-0.3, -0.25) is 19.3 Å². The van der Waals surface area contributed by atoms with Crippen LogP contribution in [0, 0.1) is 0 Å². The monoisotopic (exact) mass is 525 g/mol. The van der Waals surface area contributed by atoms with Crippen molar-refractivity contribution in [3.8, 4) is 11.5 Å². The van der Waals surface area contributed by atoms with Gasteiger partial charge in [0.25, 0.3) is 11.1 Å². The number of ether oxygens (including phenoxy) is 3. The summed E-state index contributed by atoms with van der Waals surface area (Å²) in [5.74, 6) is -0.401. The van der Waals surface area contributed by atoms with Crippen LogP contribution in [0.25, 0.3) is 16.8 Å². The van der Waals surface area contributed by atoms with Gasteiger partial charge in [-0.25, -0.2) is 0 Å². The lowest BCUT2D eigenvalue weighted by molar-refractivity contribution is -0.145. The number of imide groups is 1. The average molecular weight is 526 g/mol. The average Bonchev–Trinajstić information content (AvgIpc) is 3.11. The number of thioether (sulfide) groups is 1. The Kier molecular flexibility index (Phi) is 8.18. The zero-order chi connectivity index (χ0) is 25.7. The van der Waals surface area contributed by atoms with Gasteiger partial charge in [0.2, 0.25) is 0 Å². The number of hydrogen-bond donors (Lipinski definition) is 0. The van der Waals surface area contributed by atoms with Gasteiger partial charge in [0.1, 0.15) is 13.2 Å². The summed E-state index contributed by atoms with van der Waals surface area (Å²) in [5.41, 5.74) is 1.54. The smallest absolute Gasteiger partial charge is 0.326 e. The Labute approximate surface area is 218 Å². The maximum absolute atomic E-state index is 12.7. The highest BCUT2D eigenvalue weighted by Gasteiger charge is 2.36. The van der Waals surface area contributed by atoms with Crippen molar-refractivity contribution in [2.24, 2.45) is 0 Å². The molecule has 0 aromatic heterocycles. The van der Waals surface area contributed by atoms with Crippen molar-refractivity contribution >= 4 is 57.3 Å². The Balaban J connectivity index is 1.54. The van der Waals surface area contributed by atoms with Gasteiger partial charge in [-0.15, -0.1) is 0 Å². The molecule has 1 aliphatic heterocycles. The molecule has 36 heavy (non-hydrogen) atoms. The van der Waals surface area contributed by atoms with Gasteiger partial charge < -0.3 is 14.2 Å².